The lowest BCUT2D eigenvalue weighted by Crippen LogP contribution is -2.36. The molecule has 8 heteroatoms. The number of hydrogen-bond donors (Lipinski definition) is 2. The number of aromatic carboxylic acids is 1. The molecule has 1 saturated heterocycles. The fourth-order valence-corrected chi connectivity index (χ4v) is 3.53. The average Bonchev–Trinajstić information content (AvgIpc) is 2.39. The number of phenols is 1. The van der Waals surface area contributed by atoms with Gasteiger partial charge in [-0.15, -0.1) is 0 Å². The average molecular weight is 301 g/mol. The second-order valence-corrected chi connectivity index (χ2v) is 6.31. The first-order valence-corrected chi connectivity index (χ1v) is 7.50. The van der Waals surface area contributed by atoms with Crippen molar-refractivity contribution in [2.75, 3.05) is 13.2 Å². The van der Waals surface area contributed by atoms with E-state index in [1.165, 1.54) is 6.92 Å². The van der Waals surface area contributed by atoms with Gasteiger partial charge >= 0.3 is 5.97 Å². The summed E-state index contributed by atoms with van der Waals surface area (Å²) in [6, 6.07) is 2.08. The second-order valence-electron chi connectivity index (χ2n) is 4.51. The molecule has 0 bridgehead atoms. The Kier molecular flexibility index (Phi) is 3.98. The maximum absolute atomic E-state index is 12.4. The minimum Gasteiger partial charge on any atom is -0.507 e. The number of aryl methyl sites for hydroxylation is 1. The van der Waals surface area contributed by atoms with Gasteiger partial charge in [-0.3, -0.25) is 4.84 Å². The van der Waals surface area contributed by atoms with Gasteiger partial charge in [0.05, 0.1) is 11.5 Å². The summed E-state index contributed by atoms with van der Waals surface area (Å²) in [6.45, 7) is 2.02. The zero-order chi connectivity index (χ0) is 14.9. The lowest BCUT2D eigenvalue weighted by atomic mass is 10.1. The van der Waals surface area contributed by atoms with E-state index in [2.05, 4.69) is 0 Å². The van der Waals surface area contributed by atoms with E-state index < -0.39 is 27.3 Å². The third-order valence-electron chi connectivity index (χ3n) is 3.04. The number of nitrogens with zero attached hydrogens (tertiary/aromatic N) is 1. The van der Waals surface area contributed by atoms with Crippen molar-refractivity contribution in [2.24, 2.45) is 0 Å². The predicted octanol–water partition coefficient (Wildman–Crippen LogP) is 1.11. The van der Waals surface area contributed by atoms with Crippen molar-refractivity contribution in [2.45, 2.75) is 24.7 Å². The summed E-state index contributed by atoms with van der Waals surface area (Å²) in [5.74, 6) is -1.85. The summed E-state index contributed by atoms with van der Waals surface area (Å²) in [5.41, 5.74) is -0.187. The Balaban J connectivity index is 2.50. The normalized spacial score (nSPS) is 17.1. The molecule has 1 fully saturated rings. The number of hydrogen-bond acceptors (Lipinski definition) is 5. The van der Waals surface area contributed by atoms with Crippen LogP contribution in [0.1, 0.15) is 28.8 Å². The molecule has 7 nitrogen and oxygen atoms in total. The molecule has 20 heavy (non-hydrogen) atoms. The highest BCUT2D eigenvalue weighted by atomic mass is 32.2. The predicted molar refractivity (Wildman–Crippen MR) is 68.9 cm³/mol. The summed E-state index contributed by atoms with van der Waals surface area (Å²) in [6.07, 6.45) is 1.46. The van der Waals surface area contributed by atoms with Crippen LogP contribution in [-0.4, -0.2) is 42.2 Å². The van der Waals surface area contributed by atoms with E-state index in [1.54, 1.807) is 0 Å². The van der Waals surface area contributed by atoms with Crippen LogP contribution in [0.5, 0.6) is 5.75 Å². The van der Waals surface area contributed by atoms with Crippen molar-refractivity contribution in [1.82, 2.24) is 4.47 Å². The van der Waals surface area contributed by atoms with E-state index in [1.807, 2.05) is 0 Å². The van der Waals surface area contributed by atoms with Crippen LogP contribution in [-0.2, 0) is 14.9 Å². The number of aromatic hydroxyl groups is 1. The highest BCUT2D eigenvalue weighted by Crippen LogP contribution is 2.28. The van der Waals surface area contributed by atoms with Crippen LogP contribution in [0.2, 0.25) is 0 Å². The molecule has 0 aliphatic carbocycles. The molecule has 2 N–H and O–H groups in total. The van der Waals surface area contributed by atoms with E-state index in [0.29, 0.717) is 13.0 Å². The number of carbonyl (C=O) groups is 1. The number of carboxylic acids is 1. The molecule has 0 unspecified atom stereocenters. The smallest absolute Gasteiger partial charge is 0.339 e. The van der Waals surface area contributed by atoms with Gasteiger partial charge in [-0.25, -0.2) is 13.2 Å². The maximum Gasteiger partial charge on any atom is 0.339 e. The fourth-order valence-electron chi connectivity index (χ4n) is 2.00. The van der Waals surface area contributed by atoms with E-state index in [4.69, 9.17) is 9.94 Å². The number of carboxylic acid groups (broad SMARTS) is 1. The van der Waals surface area contributed by atoms with Gasteiger partial charge in [-0.2, -0.15) is 0 Å². The first-order chi connectivity index (χ1) is 9.34. The van der Waals surface area contributed by atoms with Gasteiger partial charge in [-0.1, -0.05) is 4.47 Å². The van der Waals surface area contributed by atoms with Gasteiger partial charge in [0.25, 0.3) is 10.0 Å². The third-order valence-corrected chi connectivity index (χ3v) is 4.86. The van der Waals surface area contributed by atoms with Gasteiger partial charge in [0, 0.05) is 6.54 Å². The van der Waals surface area contributed by atoms with Gasteiger partial charge in [0.2, 0.25) is 0 Å². The van der Waals surface area contributed by atoms with Crippen molar-refractivity contribution in [3.63, 3.8) is 0 Å². The molecule has 0 amide bonds. The molecule has 1 aromatic carbocycles. The molecule has 0 spiro atoms. The number of hydroxylamine groups is 1. The van der Waals surface area contributed by atoms with Gasteiger partial charge < -0.3 is 10.2 Å². The minimum atomic E-state index is -3.93. The summed E-state index contributed by atoms with van der Waals surface area (Å²) >= 11 is 0. The van der Waals surface area contributed by atoms with E-state index >= 15 is 0 Å². The quantitative estimate of drug-likeness (QED) is 0.866. The molecule has 0 radical (unpaired) electrons. The highest BCUT2D eigenvalue weighted by Gasteiger charge is 2.30. The van der Waals surface area contributed by atoms with Crippen molar-refractivity contribution in [3.8, 4) is 5.75 Å². The molecular weight excluding hydrogens is 286 g/mol. The van der Waals surface area contributed by atoms with Crippen molar-refractivity contribution >= 4 is 16.0 Å². The topological polar surface area (TPSA) is 104 Å². The Morgan fingerprint density at radius 2 is 2.05 bits per heavy atom. The Morgan fingerprint density at radius 1 is 1.35 bits per heavy atom. The summed E-state index contributed by atoms with van der Waals surface area (Å²) in [7, 11) is -3.93. The largest absolute Gasteiger partial charge is 0.507 e. The van der Waals surface area contributed by atoms with E-state index in [9.17, 15) is 18.3 Å². The summed E-state index contributed by atoms with van der Waals surface area (Å²) < 4.78 is 25.7. The van der Waals surface area contributed by atoms with Crippen molar-refractivity contribution in [3.05, 3.63) is 23.3 Å². The zero-order valence-corrected chi connectivity index (χ0v) is 11.7. The molecular formula is C12H15NO6S. The van der Waals surface area contributed by atoms with Crippen LogP contribution in [0.3, 0.4) is 0 Å². The Hall–Kier alpha value is -1.64. The third kappa shape index (κ3) is 2.62. The van der Waals surface area contributed by atoms with E-state index in [-0.39, 0.29) is 17.0 Å². The Labute approximate surface area is 116 Å². The summed E-state index contributed by atoms with van der Waals surface area (Å²) in [4.78, 5) is 15.9. The van der Waals surface area contributed by atoms with Gasteiger partial charge in [0.15, 0.2) is 0 Å². The number of benzene rings is 1. The fraction of sp³-hybridized carbons (Fsp3) is 0.417. The van der Waals surface area contributed by atoms with Crippen LogP contribution in [0.25, 0.3) is 0 Å². The van der Waals surface area contributed by atoms with Crippen LogP contribution in [0.4, 0.5) is 0 Å². The van der Waals surface area contributed by atoms with Crippen LogP contribution >= 0.6 is 0 Å². The molecule has 2 rings (SSSR count). The Morgan fingerprint density at radius 3 is 2.60 bits per heavy atom. The second kappa shape index (κ2) is 5.39. The standard InChI is InChI=1S/C12H15NO6S/c1-8-6-10(14)9(12(15)16)7-11(8)20(17,18)13-4-2-3-5-19-13/h6-7,14H,2-5H2,1H3,(H,15,16). The monoisotopic (exact) mass is 301 g/mol. The molecule has 1 heterocycles. The Bertz CT molecular complexity index is 634. The molecule has 0 aromatic heterocycles. The van der Waals surface area contributed by atoms with Crippen LogP contribution in [0, 0.1) is 6.92 Å². The van der Waals surface area contributed by atoms with Gasteiger partial charge in [0.1, 0.15) is 11.3 Å². The number of rotatable bonds is 3. The van der Waals surface area contributed by atoms with Gasteiger partial charge in [-0.05, 0) is 37.5 Å². The summed E-state index contributed by atoms with van der Waals surface area (Å²) in [5, 5.41) is 18.5. The van der Waals surface area contributed by atoms with E-state index in [0.717, 1.165) is 23.0 Å². The van der Waals surface area contributed by atoms with Crippen LogP contribution < -0.4 is 0 Å². The first-order valence-electron chi connectivity index (χ1n) is 6.06. The first kappa shape index (κ1) is 14.8. The molecule has 0 saturated carbocycles. The van der Waals surface area contributed by atoms with Crippen molar-refractivity contribution in [1.29, 1.82) is 0 Å². The lowest BCUT2D eigenvalue weighted by molar-refractivity contribution is -0.108. The lowest BCUT2D eigenvalue weighted by Gasteiger charge is -2.26. The maximum atomic E-state index is 12.4. The minimum absolute atomic E-state index is 0.172. The molecule has 1 aromatic rings. The van der Waals surface area contributed by atoms with Crippen LogP contribution in [0.15, 0.2) is 17.0 Å². The molecule has 1 aliphatic heterocycles. The molecule has 1 aliphatic rings. The molecule has 110 valence electrons. The molecule has 0 atom stereocenters. The zero-order valence-electron chi connectivity index (χ0n) is 10.9. The SMILES string of the molecule is Cc1cc(O)c(C(=O)O)cc1S(=O)(=O)N1CCCCO1. The van der Waals surface area contributed by atoms with Crippen molar-refractivity contribution < 1.29 is 28.3 Å². The highest BCUT2D eigenvalue weighted by molar-refractivity contribution is 7.89. The number of sulfonamides is 1.